The molecule has 0 saturated heterocycles. The molecule has 0 fully saturated rings. The van der Waals surface area contributed by atoms with Crippen molar-refractivity contribution >= 4 is 17.6 Å². The van der Waals surface area contributed by atoms with Gasteiger partial charge >= 0.3 is 11.9 Å². The molecule has 0 heterocycles. The Morgan fingerprint density at radius 2 is 2.00 bits per heavy atom. The highest BCUT2D eigenvalue weighted by Gasteiger charge is 2.23. The molecule has 19 heavy (non-hydrogen) atoms. The molecule has 1 aromatic rings. The highest BCUT2D eigenvalue weighted by atomic mass is 16.6. The molecular weight excluding hydrogens is 246 g/mol. The molecule has 1 rings (SSSR count). The predicted octanol–water partition coefficient (Wildman–Crippen LogP) is 2.08. The van der Waals surface area contributed by atoms with Gasteiger partial charge in [0.15, 0.2) is 6.10 Å². The fraction of sp³-hybridized carbons (Fsp3) is 0.429. The maximum atomic E-state index is 11.9. The minimum absolute atomic E-state index is 0.254. The van der Waals surface area contributed by atoms with E-state index in [0.29, 0.717) is 17.7 Å². The lowest BCUT2D eigenvalue weighted by Crippen LogP contribution is -2.28. The number of nitrogens with two attached hydrogens (primary N) is 1. The number of hydrogen-bond donors (Lipinski definition) is 1. The number of ether oxygens (including phenoxy) is 2. The van der Waals surface area contributed by atoms with E-state index in [1.165, 1.54) is 6.07 Å². The lowest BCUT2D eigenvalue weighted by atomic mass is 10.1. The summed E-state index contributed by atoms with van der Waals surface area (Å²) in [6.07, 6.45) is -0.513. The van der Waals surface area contributed by atoms with E-state index in [9.17, 15) is 9.59 Å². The van der Waals surface area contributed by atoms with Crippen LogP contribution in [0.25, 0.3) is 0 Å². The Morgan fingerprint density at radius 3 is 2.53 bits per heavy atom. The van der Waals surface area contributed by atoms with Gasteiger partial charge in [0.2, 0.25) is 0 Å². The largest absolute Gasteiger partial charge is 0.463 e. The van der Waals surface area contributed by atoms with Gasteiger partial charge in [0.05, 0.1) is 12.2 Å². The van der Waals surface area contributed by atoms with Gasteiger partial charge in [0, 0.05) is 5.69 Å². The Morgan fingerprint density at radius 1 is 1.32 bits per heavy atom. The van der Waals surface area contributed by atoms with Crippen LogP contribution < -0.4 is 5.73 Å². The zero-order valence-electron chi connectivity index (χ0n) is 11.4. The number of nitrogen functional groups attached to an aromatic ring is 1. The maximum Gasteiger partial charge on any atom is 0.347 e. The third-order valence-electron chi connectivity index (χ3n) is 2.68. The highest BCUT2D eigenvalue weighted by molar-refractivity contribution is 5.92. The second-order valence-electron chi connectivity index (χ2n) is 4.13. The molecule has 1 unspecified atom stereocenters. The van der Waals surface area contributed by atoms with Crippen LogP contribution in [0.3, 0.4) is 0 Å². The van der Waals surface area contributed by atoms with Crippen molar-refractivity contribution in [1.82, 2.24) is 0 Å². The summed E-state index contributed by atoms with van der Waals surface area (Å²) in [5.74, 6) is -1.11. The third kappa shape index (κ3) is 3.98. The summed E-state index contributed by atoms with van der Waals surface area (Å²) in [5, 5.41) is 0. The number of benzene rings is 1. The van der Waals surface area contributed by atoms with E-state index in [1.54, 1.807) is 26.0 Å². The van der Waals surface area contributed by atoms with Crippen molar-refractivity contribution in [2.45, 2.75) is 33.3 Å². The molecule has 0 aliphatic carbocycles. The second kappa shape index (κ2) is 6.78. The lowest BCUT2D eigenvalue weighted by Gasteiger charge is -2.15. The maximum absolute atomic E-state index is 11.9. The molecule has 0 amide bonds. The van der Waals surface area contributed by atoms with Crippen LogP contribution in [0.2, 0.25) is 0 Å². The first-order valence-corrected chi connectivity index (χ1v) is 6.23. The molecule has 1 atom stereocenters. The number of anilines is 1. The Bertz CT molecular complexity index is 471. The van der Waals surface area contributed by atoms with Gasteiger partial charge in [-0.05, 0) is 38.0 Å². The van der Waals surface area contributed by atoms with Crippen molar-refractivity contribution in [2.24, 2.45) is 0 Å². The van der Waals surface area contributed by atoms with E-state index in [-0.39, 0.29) is 6.61 Å². The molecule has 5 nitrogen and oxygen atoms in total. The average molecular weight is 265 g/mol. The predicted molar refractivity (Wildman–Crippen MR) is 71.7 cm³/mol. The Labute approximate surface area is 112 Å². The van der Waals surface area contributed by atoms with Crippen molar-refractivity contribution in [3.05, 3.63) is 29.3 Å². The van der Waals surface area contributed by atoms with Gasteiger partial charge in [-0.3, -0.25) is 0 Å². The Balaban J connectivity index is 2.77. The molecular formula is C14H19NO4. The van der Waals surface area contributed by atoms with Crippen LogP contribution in [0.15, 0.2) is 18.2 Å². The average Bonchev–Trinajstić information content (AvgIpc) is 2.39. The topological polar surface area (TPSA) is 78.6 Å². The molecule has 104 valence electrons. The number of rotatable bonds is 5. The van der Waals surface area contributed by atoms with Crippen LogP contribution in [-0.2, 0) is 14.3 Å². The number of aryl methyl sites for hydroxylation is 1. The Hall–Kier alpha value is -2.04. The molecule has 0 spiro atoms. The van der Waals surface area contributed by atoms with E-state index in [0.717, 1.165) is 5.56 Å². The highest BCUT2D eigenvalue weighted by Crippen LogP contribution is 2.15. The molecule has 2 N–H and O–H groups in total. The van der Waals surface area contributed by atoms with Crippen molar-refractivity contribution in [1.29, 1.82) is 0 Å². The first-order valence-electron chi connectivity index (χ1n) is 6.23. The third-order valence-corrected chi connectivity index (χ3v) is 2.68. The van der Waals surface area contributed by atoms with E-state index in [2.05, 4.69) is 0 Å². The van der Waals surface area contributed by atoms with Gasteiger partial charge in [-0.1, -0.05) is 13.0 Å². The number of esters is 2. The SMILES string of the molecule is CCOC(=O)C(CC)OC(=O)c1ccc(C)c(N)c1. The van der Waals surface area contributed by atoms with Gasteiger partial charge in [-0.25, -0.2) is 9.59 Å². The zero-order chi connectivity index (χ0) is 14.4. The van der Waals surface area contributed by atoms with Crippen molar-refractivity contribution < 1.29 is 19.1 Å². The molecule has 1 aromatic carbocycles. The first kappa shape index (κ1) is 15.0. The molecule has 0 aliphatic heterocycles. The lowest BCUT2D eigenvalue weighted by molar-refractivity contribution is -0.153. The van der Waals surface area contributed by atoms with Crippen LogP contribution in [0, 0.1) is 6.92 Å². The molecule has 0 aromatic heterocycles. The van der Waals surface area contributed by atoms with Gasteiger partial charge in [0.1, 0.15) is 0 Å². The summed E-state index contributed by atoms with van der Waals surface area (Å²) < 4.78 is 9.96. The monoisotopic (exact) mass is 265 g/mol. The fourth-order valence-electron chi connectivity index (χ4n) is 1.50. The zero-order valence-corrected chi connectivity index (χ0v) is 11.4. The Kier molecular flexibility index (Phi) is 5.36. The van der Waals surface area contributed by atoms with Gasteiger partial charge in [-0.15, -0.1) is 0 Å². The normalized spacial score (nSPS) is 11.7. The van der Waals surface area contributed by atoms with Crippen LogP contribution in [0.5, 0.6) is 0 Å². The standard InChI is InChI=1S/C14H19NO4/c1-4-12(14(17)18-5-2)19-13(16)10-7-6-9(3)11(15)8-10/h6-8,12H,4-5,15H2,1-3H3. The van der Waals surface area contributed by atoms with E-state index < -0.39 is 18.0 Å². The summed E-state index contributed by atoms with van der Waals surface area (Å²) in [5.41, 5.74) is 7.45. The summed E-state index contributed by atoms with van der Waals surface area (Å²) >= 11 is 0. The molecule has 5 heteroatoms. The van der Waals surface area contributed by atoms with E-state index >= 15 is 0 Å². The van der Waals surface area contributed by atoms with Crippen LogP contribution in [0.4, 0.5) is 5.69 Å². The summed E-state index contributed by atoms with van der Waals surface area (Å²) in [4.78, 5) is 23.4. The molecule has 0 bridgehead atoms. The van der Waals surface area contributed by atoms with E-state index in [1.807, 2.05) is 6.92 Å². The molecule has 0 saturated carbocycles. The molecule has 0 radical (unpaired) electrons. The molecule has 0 aliphatic rings. The fourth-order valence-corrected chi connectivity index (χ4v) is 1.50. The van der Waals surface area contributed by atoms with Crippen LogP contribution >= 0.6 is 0 Å². The first-order chi connectivity index (χ1) is 8.99. The van der Waals surface area contributed by atoms with Crippen LogP contribution in [-0.4, -0.2) is 24.6 Å². The number of carbonyl (C=O) groups is 2. The quantitative estimate of drug-likeness (QED) is 0.651. The summed E-state index contributed by atoms with van der Waals surface area (Å²) in [6, 6.07) is 4.89. The van der Waals surface area contributed by atoms with Gasteiger partial charge in [0.25, 0.3) is 0 Å². The van der Waals surface area contributed by atoms with Gasteiger partial charge < -0.3 is 15.2 Å². The number of carbonyl (C=O) groups excluding carboxylic acids is 2. The summed E-state index contributed by atoms with van der Waals surface area (Å²) in [6.45, 7) is 5.55. The van der Waals surface area contributed by atoms with Gasteiger partial charge in [-0.2, -0.15) is 0 Å². The van der Waals surface area contributed by atoms with E-state index in [4.69, 9.17) is 15.2 Å². The second-order valence-corrected chi connectivity index (χ2v) is 4.13. The van der Waals surface area contributed by atoms with Crippen molar-refractivity contribution in [2.75, 3.05) is 12.3 Å². The summed E-state index contributed by atoms with van der Waals surface area (Å²) in [7, 11) is 0. The van der Waals surface area contributed by atoms with Crippen LogP contribution in [0.1, 0.15) is 36.2 Å². The number of hydrogen-bond acceptors (Lipinski definition) is 5. The minimum atomic E-state index is -0.880. The van der Waals surface area contributed by atoms with Crippen molar-refractivity contribution in [3.63, 3.8) is 0 Å². The van der Waals surface area contributed by atoms with Crippen molar-refractivity contribution in [3.8, 4) is 0 Å². The smallest absolute Gasteiger partial charge is 0.347 e. The minimum Gasteiger partial charge on any atom is -0.463 e.